The molecule has 6 nitrogen and oxygen atoms in total. The molecule has 0 radical (unpaired) electrons. The highest BCUT2D eigenvalue weighted by Gasteiger charge is 2.15. The average Bonchev–Trinajstić information content (AvgIpc) is 2.98. The van der Waals surface area contributed by atoms with E-state index in [-0.39, 0.29) is 11.7 Å². The Morgan fingerprint density at radius 1 is 1.40 bits per heavy atom. The van der Waals surface area contributed by atoms with E-state index in [2.05, 4.69) is 22.5 Å². The van der Waals surface area contributed by atoms with Gasteiger partial charge in [-0.25, -0.2) is 4.98 Å². The van der Waals surface area contributed by atoms with Gasteiger partial charge in [0.15, 0.2) is 0 Å². The Balaban J connectivity index is 2.27. The van der Waals surface area contributed by atoms with Gasteiger partial charge in [0.1, 0.15) is 5.01 Å². The summed E-state index contributed by atoms with van der Waals surface area (Å²) in [5.74, 6) is 0. The molecule has 1 unspecified atom stereocenters. The molecule has 0 aliphatic carbocycles. The molecule has 0 aliphatic heterocycles. The van der Waals surface area contributed by atoms with Crippen molar-refractivity contribution in [2.24, 2.45) is 0 Å². The first-order valence-electron chi connectivity index (χ1n) is 6.27. The summed E-state index contributed by atoms with van der Waals surface area (Å²) in [6.45, 7) is 2.05. The van der Waals surface area contributed by atoms with Gasteiger partial charge in [-0.2, -0.15) is 0 Å². The van der Waals surface area contributed by atoms with Gasteiger partial charge in [-0.1, -0.05) is 6.92 Å². The molecule has 0 aliphatic rings. The second-order valence-corrected chi connectivity index (χ2v) is 5.18. The highest BCUT2D eigenvalue weighted by Crippen LogP contribution is 2.29. The lowest BCUT2D eigenvalue weighted by Gasteiger charge is -2.16. The third-order valence-electron chi connectivity index (χ3n) is 2.92. The van der Waals surface area contributed by atoms with Crippen LogP contribution >= 0.6 is 11.3 Å². The van der Waals surface area contributed by atoms with E-state index in [9.17, 15) is 10.1 Å². The zero-order chi connectivity index (χ0) is 14.5. The van der Waals surface area contributed by atoms with Crippen LogP contribution < -0.4 is 10.6 Å². The second-order valence-electron chi connectivity index (χ2n) is 4.25. The maximum Gasteiger partial charge on any atom is 0.273 e. The molecular formula is C13H16N4O2S. The monoisotopic (exact) mass is 292 g/mol. The van der Waals surface area contributed by atoms with E-state index in [1.165, 1.54) is 12.1 Å². The highest BCUT2D eigenvalue weighted by atomic mass is 32.1. The molecule has 2 N–H and O–H groups in total. The lowest BCUT2D eigenvalue weighted by atomic mass is 10.2. The molecule has 20 heavy (non-hydrogen) atoms. The summed E-state index contributed by atoms with van der Waals surface area (Å²) in [7, 11) is 1.74. The molecule has 1 heterocycles. The van der Waals surface area contributed by atoms with Crippen LogP contribution in [0, 0.1) is 10.1 Å². The van der Waals surface area contributed by atoms with Crippen molar-refractivity contribution in [1.82, 2.24) is 4.98 Å². The Hall–Kier alpha value is -2.15. The first-order valence-corrected chi connectivity index (χ1v) is 7.15. The number of nitro benzene ring substituents is 1. The van der Waals surface area contributed by atoms with Crippen LogP contribution in [-0.4, -0.2) is 17.0 Å². The molecule has 2 aromatic rings. The third kappa shape index (κ3) is 3.24. The number of anilines is 2. The van der Waals surface area contributed by atoms with E-state index in [1.54, 1.807) is 24.6 Å². The predicted octanol–water partition coefficient (Wildman–Crippen LogP) is 3.66. The van der Waals surface area contributed by atoms with Crippen molar-refractivity contribution < 1.29 is 4.92 Å². The molecule has 0 spiro atoms. The van der Waals surface area contributed by atoms with E-state index >= 15 is 0 Å². The Kier molecular flexibility index (Phi) is 4.52. The summed E-state index contributed by atoms with van der Waals surface area (Å²) in [4.78, 5) is 14.8. The van der Waals surface area contributed by atoms with E-state index in [4.69, 9.17) is 0 Å². The van der Waals surface area contributed by atoms with Crippen molar-refractivity contribution in [2.45, 2.75) is 19.4 Å². The molecule has 7 heteroatoms. The van der Waals surface area contributed by atoms with E-state index < -0.39 is 4.92 Å². The molecular weight excluding hydrogens is 276 g/mol. The minimum Gasteiger partial charge on any atom is -0.388 e. The second kappa shape index (κ2) is 6.33. The van der Waals surface area contributed by atoms with Crippen LogP contribution in [0.15, 0.2) is 29.8 Å². The number of rotatable bonds is 6. The van der Waals surface area contributed by atoms with Gasteiger partial charge in [0.25, 0.3) is 5.69 Å². The highest BCUT2D eigenvalue weighted by molar-refractivity contribution is 7.09. The smallest absolute Gasteiger partial charge is 0.273 e. The van der Waals surface area contributed by atoms with Crippen molar-refractivity contribution in [3.05, 3.63) is 44.9 Å². The fourth-order valence-corrected chi connectivity index (χ4v) is 2.66. The van der Waals surface area contributed by atoms with Crippen LogP contribution in [0.1, 0.15) is 24.4 Å². The number of nitrogens with zero attached hydrogens (tertiary/aromatic N) is 2. The lowest BCUT2D eigenvalue weighted by molar-refractivity contribution is -0.384. The maximum atomic E-state index is 10.9. The van der Waals surface area contributed by atoms with Gasteiger partial charge in [-0.05, 0) is 12.5 Å². The van der Waals surface area contributed by atoms with E-state index in [0.29, 0.717) is 11.4 Å². The predicted molar refractivity (Wildman–Crippen MR) is 81.4 cm³/mol. The SMILES string of the molecule is CCC(Nc1cc(NC)cc([N+](=O)[O-])c1)c1nccs1. The van der Waals surface area contributed by atoms with Gasteiger partial charge in [0.2, 0.25) is 0 Å². The van der Waals surface area contributed by atoms with Crippen LogP contribution in [0.25, 0.3) is 0 Å². The van der Waals surface area contributed by atoms with Gasteiger partial charge in [0, 0.05) is 42.1 Å². The Morgan fingerprint density at radius 3 is 2.70 bits per heavy atom. The summed E-state index contributed by atoms with van der Waals surface area (Å²) in [5.41, 5.74) is 1.48. The number of hydrogen-bond acceptors (Lipinski definition) is 6. The van der Waals surface area contributed by atoms with Crippen molar-refractivity contribution in [1.29, 1.82) is 0 Å². The van der Waals surface area contributed by atoms with Crippen molar-refractivity contribution in [3.63, 3.8) is 0 Å². The average molecular weight is 292 g/mol. The summed E-state index contributed by atoms with van der Waals surface area (Å²) in [6, 6.07) is 4.96. The van der Waals surface area contributed by atoms with Crippen molar-refractivity contribution in [2.75, 3.05) is 17.7 Å². The summed E-state index contributed by atoms with van der Waals surface area (Å²) >= 11 is 1.57. The minimum atomic E-state index is -0.392. The molecule has 0 bridgehead atoms. The number of nitrogens with one attached hydrogen (secondary N) is 2. The Morgan fingerprint density at radius 2 is 2.15 bits per heavy atom. The van der Waals surface area contributed by atoms with Gasteiger partial charge in [0.05, 0.1) is 11.0 Å². The van der Waals surface area contributed by atoms with Crippen LogP contribution in [0.5, 0.6) is 0 Å². The minimum absolute atomic E-state index is 0.0571. The zero-order valence-corrected chi connectivity index (χ0v) is 12.1. The summed E-state index contributed by atoms with van der Waals surface area (Å²) < 4.78 is 0. The maximum absolute atomic E-state index is 10.9. The zero-order valence-electron chi connectivity index (χ0n) is 11.3. The number of thiazole rings is 1. The first-order chi connectivity index (χ1) is 9.63. The number of non-ortho nitro benzene ring substituents is 1. The van der Waals surface area contributed by atoms with Crippen LogP contribution in [-0.2, 0) is 0 Å². The molecule has 2 rings (SSSR count). The van der Waals surface area contributed by atoms with Crippen LogP contribution in [0.4, 0.5) is 17.1 Å². The third-order valence-corrected chi connectivity index (χ3v) is 3.81. The van der Waals surface area contributed by atoms with Crippen LogP contribution in [0.2, 0.25) is 0 Å². The molecule has 0 saturated carbocycles. The van der Waals surface area contributed by atoms with Gasteiger partial charge < -0.3 is 10.6 Å². The van der Waals surface area contributed by atoms with E-state index in [1.807, 2.05) is 11.4 Å². The number of benzene rings is 1. The largest absolute Gasteiger partial charge is 0.388 e. The summed E-state index contributed by atoms with van der Waals surface area (Å²) in [5, 5.41) is 20.1. The Labute approximate surface area is 121 Å². The molecule has 0 saturated heterocycles. The molecule has 0 fully saturated rings. The van der Waals surface area contributed by atoms with E-state index in [0.717, 1.165) is 11.4 Å². The standard InChI is InChI=1S/C13H16N4O2S/c1-3-12(13-15-4-5-20-13)16-10-6-9(14-2)7-11(8-10)17(18)19/h4-8,12,14,16H,3H2,1-2H3. The van der Waals surface area contributed by atoms with Crippen LogP contribution in [0.3, 0.4) is 0 Å². The summed E-state index contributed by atoms with van der Waals surface area (Å²) in [6.07, 6.45) is 2.61. The molecule has 106 valence electrons. The molecule has 1 aromatic carbocycles. The fraction of sp³-hybridized carbons (Fsp3) is 0.308. The molecule has 1 aromatic heterocycles. The normalized spacial score (nSPS) is 11.9. The van der Waals surface area contributed by atoms with Gasteiger partial charge >= 0.3 is 0 Å². The number of hydrogen-bond donors (Lipinski definition) is 2. The van der Waals surface area contributed by atoms with Gasteiger partial charge in [-0.15, -0.1) is 11.3 Å². The fourth-order valence-electron chi connectivity index (χ4n) is 1.89. The quantitative estimate of drug-likeness (QED) is 0.627. The van der Waals surface area contributed by atoms with Crippen molar-refractivity contribution in [3.8, 4) is 0 Å². The number of aromatic nitrogens is 1. The topological polar surface area (TPSA) is 80.1 Å². The lowest BCUT2D eigenvalue weighted by Crippen LogP contribution is -2.09. The Bertz CT molecular complexity index is 586. The first kappa shape index (κ1) is 14.3. The van der Waals surface area contributed by atoms with Gasteiger partial charge in [-0.3, -0.25) is 10.1 Å². The number of nitro groups is 1. The van der Waals surface area contributed by atoms with Crippen molar-refractivity contribution >= 4 is 28.4 Å². The molecule has 1 atom stereocenters. The molecule has 0 amide bonds.